The number of hydrogen-bond acceptors (Lipinski definition) is 4. The van der Waals surface area contributed by atoms with Crippen LogP contribution in [0.1, 0.15) is 19.8 Å². The van der Waals surface area contributed by atoms with E-state index in [2.05, 4.69) is 10.3 Å². The Morgan fingerprint density at radius 1 is 1.50 bits per heavy atom. The molecule has 7 nitrogen and oxygen atoms in total. The molecule has 0 saturated heterocycles. The summed E-state index contributed by atoms with van der Waals surface area (Å²) in [7, 11) is 0. The molecule has 16 heavy (non-hydrogen) atoms. The Bertz CT molecular complexity index is 263. The van der Waals surface area contributed by atoms with Crippen molar-refractivity contribution in [2.75, 3.05) is 6.54 Å². The number of nitrogens with one attached hydrogen (secondary N) is 1. The van der Waals surface area contributed by atoms with E-state index in [0.717, 1.165) is 0 Å². The number of hydrogen-bond donors (Lipinski definition) is 4. The maximum Gasteiger partial charge on any atom is 0.237 e. The van der Waals surface area contributed by atoms with Gasteiger partial charge in [0.2, 0.25) is 5.91 Å². The number of nitrogens with zero attached hydrogens (tertiary/aromatic N) is 1. The fourth-order valence-electron chi connectivity index (χ4n) is 1.02. The summed E-state index contributed by atoms with van der Waals surface area (Å²) in [4.78, 5) is 25.4. The molecule has 0 fully saturated rings. The summed E-state index contributed by atoms with van der Waals surface area (Å²) in [5.41, 5.74) is 15.9. The second kappa shape index (κ2) is 7.63. The molecule has 0 aliphatic heterocycles. The minimum absolute atomic E-state index is 0.0209. The van der Waals surface area contributed by atoms with Gasteiger partial charge in [-0.3, -0.25) is 9.79 Å². The summed E-state index contributed by atoms with van der Waals surface area (Å²) in [5.74, 6) is -0.322. The van der Waals surface area contributed by atoms with E-state index in [1.54, 1.807) is 6.92 Å². The molecule has 0 aromatic rings. The van der Waals surface area contributed by atoms with Gasteiger partial charge in [0.05, 0.1) is 12.1 Å². The standard InChI is InChI=1S/C9H19N5O2/c1-6(5-15)14-8(16)7(10)3-2-4-13-9(11)12/h5-7H,2-4,10H2,1H3,(H,14,16)(H4,11,12,13)/t6-,7?/m1/s1. The van der Waals surface area contributed by atoms with Gasteiger partial charge in [-0.15, -0.1) is 0 Å². The number of aliphatic imine (C=N–C) groups is 1. The Morgan fingerprint density at radius 2 is 2.12 bits per heavy atom. The predicted molar refractivity (Wildman–Crippen MR) is 61.6 cm³/mol. The quantitative estimate of drug-likeness (QED) is 0.174. The van der Waals surface area contributed by atoms with Gasteiger partial charge in [0.1, 0.15) is 6.29 Å². The number of guanidine groups is 1. The Kier molecular flexibility index (Phi) is 6.86. The molecule has 0 heterocycles. The molecular formula is C9H19N5O2. The Morgan fingerprint density at radius 3 is 2.62 bits per heavy atom. The summed E-state index contributed by atoms with van der Waals surface area (Å²) in [6, 6.07) is -1.16. The highest BCUT2D eigenvalue weighted by molar-refractivity contribution is 5.84. The molecule has 0 saturated carbocycles. The van der Waals surface area contributed by atoms with Gasteiger partial charge in [-0.2, -0.15) is 0 Å². The lowest BCUT2D eigenvalue weighted by molar-refractivity contribution is -0.125. The van der Waals surface area contributed by atoms with Crippen LogP contribution < -0.4 is 22.5 Å². The van der Waals surface area contributed by atoms with Crippen LogP contribution in [0.5, 0.6) is 0 Å². The average molecular weight is 229 g/mol. The van der Waals surface area contributed by atoms with Crippen molar-refractivity contribution in [3.63, 3.8) is 0 Å². The summed E-state index contributed by atoms with van der Waals surface area (Å²) >= 11 is 0. The fraction of sp³-hybridized carbons (Fsp3) is 0.667. The van der Waals surface area contributed by atoms with Gasteiger partial charge in [0, 0.05) is 6.54 Å². The van der Waals surface area contributed by atoms with Crippen LogP contribution >= 0.6 is 0 Å². The first-order valence-corrected chi connectivity index (χ1v) is 5.04. The third-order valence-corrected chi connectivity index (χ3v) is 1.88. The molecule has 7 heteroatoms. The van der Waals surface area contributed by atoms with Crippen LogP contribution in [0.4, 0.5) is 0 Å². The fourth-order valence-corrected chi connectivity index (χ4v) is 1.02. The zero-order valence-electron chi connectivity index (χ0n) is 9.35. The molecule has 0 rings (SSSR count). The number of amides is 1. The number of aldehydes is 1. The summed E-state index contributed by atoms with van der Waals surface area (Å²) < 4.78 is 0. The van der Waals surface area contributed by atoms with Crippen molar-refractivity contribution >= 4 is 18.2 Å². The van der Waals surface area contributed by atoms with Gasteiger partial charge in [-0.25, -0.2) is 0 Å². The normalized spacial score (nSPS) is 13.6. The van der Waals surface area contributed by atoms with E-state index in [1.165, 1.54) is 0 Å². The molecule has 1 unspecified atom stereocenters. The molecule has 0 radical (unpaired) electrons. The van der Waals surface area contributed by atoms with Gasteiger partial charge in [0.25, 0.3) is 0 Å². The molecule has 92 valence electrons. The smallest absolute Gasteiger partial charge is 0.237 e. The van der Waals surface area contributed by atoms with Crippen molar-refractivity contribution in [2.24, 2.45) is 22.2 Å². The zero-order valence-corrected chi connectivity index (χ0v) is 9.35. The van der Waals surface area contributed by atoms with E-state index >= 15 is 0 Å². The van der Waals surface area contributed by atoms with E-state index in [0.29, 0.717) is 25.7 Å². The Hall–Kier alpha value is -1.63. The largest absolute Gasteiger partial charge is 0.370 e. The maximum atomic E-state index is 11.4. The van der Waals surface area contributed by atoms with Crippen molar-refractivity contribution in [3.8, 4) is 0 Å². The molecule has 0 spiro atoms. The van der Waals surface area contributed by atoms with Crippen molar-refractivity contribution in [3.05, 3.63) is 0 Å². The second-order valence-corrected chi connectivity index (χ2v) is 3.49. The van der Waals surface area contributed by atoms with Crippen LogP contribution in [0.25, 0.3) is 0 Å². The third kappa shape index (κ3) is 6.77. The zero-order chi connectivity index (χ0) is 12.6. The molecule has 0 aromatic heterocycles. The van der Waals surface area contributed by atoms with E-state index in [-0.39, 0.29) is 11.9 Å². The summed E-state index contributed by atoms with van der Waals surface area (Å²) in [5, 5.41) is 2.46. The maximum absolute atomic E-state index is 11.4. The topological polar surface area (TPSA) is 137 Å². The third-order valence-electron chi connectivity index (χ3n) is 1.88. The lowest BCUT2D eigenvalue weighted by Gasteiger charge is -2.13. The molecule has 0 aliphatic carbocycles. The number of rotatable bonds is 7. The van der Waals surface area contributed by atoms with Crippen LogP contribution in [0.2, 0.25) is 0 Å². The molecule has 0 bridgehead atoms. The first-order valence-electron chi connectivity index (χ1n) is 5.04. The first kappa shape index (κ1) is 14.4. The Labute approximate surface area is 94.4 Å². The Balaban J connectivity index is 3.79. The van der Waals surface area contributed by atoms with Crippen LogP contribution in [-0.2, 0) is 9.59 Å². The molecular weight excluding hydrogens is 210 g/mol. The van der Waals surface area contributed by atoms with Crippen molar-refractivity contribution in [2.45, 2.75) is 31.8 Å². The van der Waals surface area contributed by atoms with Gasteiger partial charge in [-0.05, 0) is 19.8 Å². The minimum Gasteiger partial charge on any atom is -0.370 e. The van der Waals surface area contributed by atoms with E-state index < -0.39 is 12.1 Å². The van der Waals surface area contributed by atoms with E-state index in [9.17, 15) is 9.59 Å². The molecule has 1 amide bonds. The number of nitrogens with two attached hydrogens (primary N) is 3. The molecule has 7 N–H and O–H groups in total. The SMILES string of the molecule is C[C@H](C=O)NC(=O)C(N)CCCN=C(N)N. The van der Waals surface area contributed by atoms with E-state index in [4.69, 9.17) is 17.2 Å². The van der Waals surface area contributed by atoms with Gasteiger partial charge in [0.15, 0.2) is 5.96 Å². The van der Waals surface area contributed by atoms with Gasteiger partial charge < -0.3 is 27.3 Å². The monoisotopic (exact) mass is 229 g/mol. The van der Waals surface area contributed by atoms with Crippen LogP contribution in [-0.4, -0.2) is 36.8 Å². The second-order valence-electron chi connectivity index (χ2n) is 3.49. The molecule has 0 aliphatic rings. The van der Waals surface area contributed by atoms with E-state index in [1.807, 2.05) is 0 Å². The minimum atomic E-state index is -0.642. The lowest BCUT2D eigenvalue weighted by Crippen LogP contribution is -2.44. The highest BCUT2D eigenvalue weighted by Crippen LogP contribution is 1.95. The lowest BCUT2D eigenvalue weighted by atomic mass is 10.1. The molecule has 0 aromatic carbocycles. The predicted octanol–water partition coefficient (Wildman–Crippen LogP) is -1.93. The van der Waals surface area contributed by atoms with Crippen molar-refractivity contribution < 1.29 is 9.59 Å². The average Bonchev–Trinajstić information content (AvgIpc) is 2.23. The van der Waals surface area contributed by atoms with Crippen molar-refractivity contribution in [1.82, 2.24) is 5.32 Å². The van der Waals surface area contributed by atoms with Crippen LogP contribution in [0.3, 0.4) is 0 Å². The number of carbonyl (C=O) groups excluding carboxylic acids is 2. The summed E-state index contributed by atoms with van der Waals surface area (Å²) in [6.45, 7) is 2.02. The van der Waals surface area contributed by atoms with Crippen LogP contribution in [0, 0.1) is 0 Å². The summed E-state index contributed by atoms with van der Waals surface area (Å²) in [6.07, 6.45) is 1.72. The van der Waals surface area contributed by atoms with Gasteiger partial charge >= 0.3 is 0 Å². The molecule has 2 atom stereocenters. The highest BCUT2D eigenvalue weighted by atomic mass is 16.2. The highest BCUT2D eigenvalue weighted by Gasteiger charge is 2.14. The van der Waals surface area contributed by atoms with Gasteiger partial charge in [-0.1, -0.05) is 0 Å². The first-order chi connectivity index (χ1) is 7.47. The van der Waals surface area contributed by atoms with Crippen molar-refractivity contribution in [1.29, 1.82) is 0 Å². The van der Waals surface area contributed by atoms with Crippen LogP contribution in [0.15, 0.2) is 4.99 Å². The number of carbonyl (C=O) groups is 2.